The van der Waals surface area contributed by atoms with Crippen LogP contribution in [0.25, 0.3) is 0 Å². The molecule has 0 aliphatic carbocycles. The molecule has 1 amide bonds. The molecule has 1 atom stereocenters. The lowest BCUT2D eigenvalue weighted by Crippen LogP contribution is -2.13. The number of hydrogen-bond acceptors (Lipinski definition) is 3. The Morgan fingerprint density at radius 1 is 1.60 bits per heavy atom. The van der Waals surface area contributed by atoms with Gasteiger partial charge in [-0.05, 0) is 13.8 Å². The third-order valence-electron chi connectivity index (χ3n) is 0.812. The molecule has 10 heavy (non-hydrogen) atoms. The van der Waals surface area contributed by atoms with Crippen molar-refractivity contribution in [3.8, 4) is 0 Å². The number of nitrogens with two attached hydrogens (primary N) is 1. The molecule has 0 fully saturated rings. The molecule has 5 heteroatoms. The van der Waals surface area contributed by atoms with Crippen LogP contribution in [0.4, 0.5) is 4.79 Å². The molecule has 0 aromatic carbocycles. The molecule has 0 rings (SSSR count). The molecule has 60 valence electrons. The number of hydrogen-bond donors (Lipinski definition) is 1. The van der Waals surface area contributed by atoms with Gasteiger partial charge in [-0.2, -0.15) is 0 Å². The van der Waals surface area contributed by atoms with Crippen LogP contribution in [0.15, 0.2) is 0 Å². The van der Waals surface area contributed by atoms with E-state index in [9.17, 15) is 9.36 Å². The van der Waals surface area contributed by atoms with Gasteiger partial charge in [0.1, 0.15) is 0 Å². The second-order valence-corrected chi connectivity index (χ2v) is 4.68. The van der Waals surface area contributed by atoms with Crippen molar-refractivity contribution in [2.45, 2.75) is 20.0 Å². The van der Waals surface area contributed by atoms with Crippen LogP contribution < -0.4 is 5.73 Å². The Kier molecular flexibility index (Phi) is 3.06. The lowest BCUT2D eigenvalue weighted by Gasteiger charge is -2.12. The second kappa shape index (κ2) is 3.17. The van der Waals surface area contributed by atoms with Crippen LogP contribution in [0.1, 0.15) is 13.8 Å². The molecule has 0 radical (unpaired) electrons. The Bertz CT molecular complexity index is 178. The van der Waals surface area contributed by atoms with E-state index in [1.165, 1.54) is 6.66 Å². The summed E-state index contributed by atoms with van der Waals surface area (Å²) in [5.74, 6) is 0. The average molecular weight is 165 g/mol. The second-order valence-electron chi connectivity index (χ2n) is 2.34. The van der Waals surface area contributed by atoms with Crippen molar-refractivity contribution in [1.82, 2.24) is 0 Å². The summed E-state index contributed by atoms with van der Waals surface area (Å²) in [4.78, 5) is 10.4. The quantitative estimate of drug-likeness (QED) is 0.642. The van der Waals surface area contributed by atoms with Gasteiger partial charge in [-0.3, -0.25) is 9.36 Å². The van der Waals surface area contributed by atoms with Gasteiger partial charge in [-0.15, -0.1) is 0 Å². The SMILES string of the molecule is CC(C)OP(C)(=O)C(N)=O. The number of amides is 1. The fourth-order valence-corrected chi connectivity index (χ4v) is 1.36. The Labute approximate surface area is 60.2 Å². The topological polar surface area (TPSA) is 69.4 Å². The van der Waals surface area contributed by atoms with Gasteiger partial charge in [0.05, 0.1) is 6.10 Å². The predicted octanol–water partition coefficient (Wildman–Crippen LogP) is 1.40. The first-order valence-corrected chi connectivity index (χ1v) is 4.99. The van der Waals surface area contributed by atoms with Crippen LogP contribution in [0, 0.1) is 0 Å². The van der Waals surface area contributed by atoms with E-state index in [0.717, 1.165) is 0 Å². The largest absolute Gasteiger partial charge is 0.361 e. The van der Waals surface area contributed by atoms with Crippen LogP contribution >= 0.6 is 7.37 Å². The molecule has 0 aliphatic heterocycles. The molecule has 0 aliphatic rings. The van der Waals surface area contributed by atoms with Gasteiger partial charge in [0, 0.05) is 6.66 Å². The van der Waals surface area contributed by atoms with Gasteiger partial charge in [-0.1, -0.05) is 0 Å². The molecule has 0 bridgehead atoms. The van der Waals surface area contributed by atoms with E-state index in [2.05, 4.69) is 0 Å². The first kappa shape index (κ1) is 9.66. The zero-order valence-electron chi connectivity index (χ0n) is 6.33. The molecule has 1 unspecified atom stereocenters. The third-order valence-corrected chi connectivity index (χ3v) is 2.44. The zero-order chi connectivity index (χ0) is 8.36. The summed E-state index contributed by atoms with van der Waals surface area (Å²) in [5, 5.41) is 0. The maximum atomic E-state index is 11.0. The Morgan fingerprint density at radius 3 is 2.10 bits per heavy atom. The lowest BCUT2D eigenvalue weighted by atomic mass is 10.5. The molecular weight excluding hydrogens is 153 g/mol. The summed E-state index contributed by atoms with van der Waals surface area (Å²) in [6.45, 7) is 4.60. The van der Waals surface area contributed by atoms with Crippen molar-refractivity contribution in [2.24, 2.45) is 5.73 Å². The van der Waals surface area contributed by atoms with Crippen molar-refractivity contribution in [2.75, 3.05) is 6.66 Å². The fraction of sp³-hybridized carbons (Fsp3) is 0.800. The molecule has 0 saturated heterocycles. The van der Waals surface area contributed by atoms with Gasteiger partial charge < -0.3 is 10.3 Å². The number of primary amides is 1. The predicted molar refractivity (Wildman–Crippen MR) is 39.3 cm³/mol. The van der Waals surface area contributed by atoms with Crippen molar-refractivity contribution in [3.05, 3.63) is 0 Å². The highest BCUT2D eigenvalue weighted by Gasteiger charge is 2.24. The summed E-state index contributed by atoms with van der Waals surface area (Å²) >= 11 is 0. The molecule has 0 spiro atoms. The van der Waals surface area contributed by atoms with Crippen LogP contribution in [-0.2, 0) is 9.09 Å². The summed E-state index contributed by atoms with van der Waals surface area (Å²) in [7, 11) is -3.18. The van der Waals surface area contributed by atoms with Gasteiger partial charge in [0.2, 0.25) is 0 Å². The van der Waals surface area contributed by atoms with E-state index in [1.807, 2.05) is 0 Å². The minimum Gasteiger partial charge on any atom is -0.361 e. The standard InChI is InChI=1S/C5H12NO3P/c1-4(2)9-10(3,8)5(6)7/h4H,1-3H3,(H2,6,7). The molecule has 0 heterocycles. The summed E-state index contributed by atoms with van der Waals surface area (Å²) in [6, 6.07) is 0. The summed E-state index contributed by atoms with van der Waals surface area (Å²) in [6.07, 6.45) is -0.233. The fourth-order valence-electron chi connectivity index (χ4n) is 0.454. The normalized spacial score (nSPS) is 16.8. The van der Waals surface area contributed by atoms with E-state index >= 15 is 0 Å². The van der Waals surface area contributed by atoms with Gasteiger partial charge >= 0.3 is 5.65 Å². The average Bonchev–Trinajstić information content (AvgIpc) is 1.60. The third kappa shape index (κ3) is 2.99. The van der Waals surface area contributed by atoms with E-state index in [-0.39, 0.29) is 6.10 Å². The molecule has 2 N–H and O–H groups in total. The van der Waals surface area contributed by atoms with Crippen molar-refractivity contribution >= 4 is 13.0 Å². The minimum atomic E-state index is -3.18. The number of carbonyl (C=O) groups is 1. The minimum absolute atomic E-state index is 0.233. The van der Waals surface area contributed by atoms with Gasteiger partial charge in [0.25, 0.3) is 7.37 Å². The first-order valence-electron chi connectivity index (χ1n) is 2.92. The molecule has 0 aromatic rings. The van der Waals surface area contributed by atoms with Crippen LogP contribution in [0.2, 0.25) is 0 Å². The van der Waals surface area contributed by atoms with E-state index in [4.69, 9.17) is 10.3 Å². The van der Waals surface area contributed by atoms with E-state index in [1.54, 1.807) is 13.8 Å². The van der Waals surface area contributed by atoms with E-state index in [0.29, 0.717) is 0 Å². The summed E-state index contributed by atoms with van der Waals surface area (Å²) < 4.78 is 15.8. The monoisotopic (exact) mass is 165 g/mol. The molecule has 0 saturated carbocycles. The van der Waals surface area contributed by atoms with Crippen LogP contribution in [0.5, 0.6) is 0 Å². The van der Waals surface area contributed by atoms with Crippen molar-refractivity contribution in [3.63, 3.8) is 0 Å². The van der Waals surface area contributed by atoms with E-state index < -0.39 is 13.0 Å². The van der Waals surface area contributed by atoms with Crippen LogP contribution in [0.3, 0.4) is 0 Å². The highest BCUT2D eigenvalue weighted by Crippen LogP contribution is 2.43. The van der Waals surface area contributed by atoms with Gasteiger partial charge in [-0.25, -0.2) is 0 Å². The Hall–Kier alpha value is -0.340. The summed E-state index contributed by atoms with van der Waals surface area (Å²) in [5.41, 5.74) is 3.92. The maximum absolute atomic E-state index is 11.0. The van der Waals surface area contributed by atoms with Crippen LogP contribution in [-0.4, -0.2) is 18.4 Å². The highest BCUT2D eigenvalue weighted by atomic mass is 31.2. The number of rotatable bonds is 3. The van der Waals surface area contributed by atoms with Gasteiger partial charge in [0.15, 0.2) is 0 Å². The molecule has 4 nitrogen and oxygen atoms in total. The Morgan fingerprint density at radius 2 is 2.00 bits per heavy atom. The molecular formula is C5H12NO3P. The Balaban J connectivity index is 4.15. The smallest absolute Gasteiger partial charge is 0.302 e. The number of carbonyl (C=O) groups excluding carboxylic acids is 1. The maximum Gasteiger partial charge on any atom is 0.302 e. The first-order chi connectivity index (χ1) is 4.36. The molecule has 0 aromatic heterocycles. The van der Waals surface area contributed by atoms with Crippen molar-refractivity contribution < 1.29 is 13.9 Å². The highest BCUT2D eigenvalue weighted by molar-refractivity contribution is 7.75. The lowest BCUT2D eigenvalue weighted by molar-refractivity contribution is 0.233. The zero-order valence-corrected chi connectivity index (χ0v) is 7.22. The van der Waals surface area contributed by atoms with Crippen molar-refractivity contribution in [1.29, 1.82) is 0 Å².